The van der Waals surface area contributed by atoms with E-state index in [0.29, 0.717) is 37.2 Å². The van der Waals surface area contributed by atoms with Crippen LogP contribution in [-0.2, 0) is 16.1 Å². The molecule has 5 nitrogen and oxygen atoms in total. The maximum absolute atomic E-state index is 13.4. The van der Waals surface area contributed by atoms with Crippen LogP contribution >= 0.6 is 0 Å². The molecule has 1 saturated carbocycles. The van der Waals surface area contributed by atoms with Gasteiger partial charge in [0.05, 0.1) is 25.3 Å². The van der Waals surface area contributed by atoms with Gasteiger partial charge in [-0.2, -0.15) is 0 Å². The quantitative estimate of drug-likeness (QED) is 0.745. The first-order chi connectivity index (χ1) is 14.8. The van der Waals surface area contributed by atoms with Crippen molar-refractivity contribution in [2.45, 2.75) is 82.1 Å². The van der Waals surface area contributed by atoms with Crippen molar-refractivity contribution in [1.82, 2.24) is 14.7 Å². The van der Waals surface area contributed by atoms with E-state index in [0.717, 1.165) is 32.5 Å². The molecule has 4 aliphatic rings. The number of morpholine rings is 1. The van der Waals surface area contributed by atoms with Crippen LogP contribution in [0.15, 0.2) is 30.3 Å². The lowest BCUT2D eigenvalue weighted by Crippen LogP contribution is -2.57. The average Bonchev–Trinajstić information content (AvgIpc) is 3.43. The number of nitrogens with zero attached hydrogens (tertiary/aromatic N) is 3. The van der Waals surface area contributed by atoms with Crippen LogP contribution in [0.1, 0.15) is 56.9 Å². The van der Waals surface area contributed by atoms with Crippen LogP contribution in [0.5, 0.6) is 0 Å². The molecule has 0 bridgehead atoms. The minimum absolute atomic E-state index is 0.280. The van der Waals surface area contributed by atoms with Crippen molar-refractivity contribution < 1.29 is 9.53 Å². The lowest BCUT2D eigenvalue weighted by molar-refractivity contribution is -0.151. The Balaban J connectivity index is 1.23. The number of fused-ring (bicyclic) bond motifs is 1. The molecule has 0 N–H and O–H groups in total. The number of hydrogen-bond acceptors (Lipinski definition) is 4. The van der Waals surface area contributed by atoms with Gasteiger partial charge in [-0.3, -0.25) is 14.6 Å². The molecule has 5 heteroatoms. The molecule has 30 heavy (non-hydrogen) atoms. The highest BCUT2D eigenvalue weighted by Gasteiger charge is 2.41. The van der Waals surface area contributed by atoms with Gasteiger partial charge in [0.2, 0.25) is 5.91 Å². The molecule has 4 atom stereocenters. The Bertz CT molecular complexity index is 710. The third-order valence-electron chi connectivity index (χ3n) is 7.89. The van der Waals surface area contributed by atoms with Crippen molar-refractivity contribution in [2.24, 2.45) is 0 Å². The Morgan fingerprint density at radius 2 is 1.53 bits per heavy atom. The minimum Gasteiger partial charge on any atom is -0.374 e. The zero-order valence-electron chi connectivity index (χ0n) is 18.3. The first kappa shape index (κ1) is 20.5. The summed E-state index contributed by atoms with van der Waals surface area (Å²) in [7, 11) is 0. The predicted molar refractivity (Wildman–Crippen MR) is 118 cm³/mol. The minimum atomic E-state index is 0.280. The van der Waals surface area contributed by atoms with Crippen molar-refractivity contribution in [3.05, 3.63) is 35.9 Å². The van der Waals surface area contributed by atoms with E-state index in [1.807, 2.05) is 0 Å². The second-order valence-electron chi connectivity index (χ2n) is 9.69. The smallest absolute Gasteiger partial charge is 0.237 e. The van der Waals surface area contributed by atoms with Crippen molar-refractivity contribution in [3.63, 3.8) is 0 Å². The summed E-state index contributed by atoms with van der Waals surface area (Å²) < 4.78 is 5.99. The average molecular weight is 412 g/mol. The van der Waals surface area contributed by atoms with Crippen LogP contribution in [-0.4, -0.2) is 77.6 Å². The highest BCUT2D eigenvalue weighted by Crippen LogP contribution is 2.32. The molecule has 1 aromatic rings. The van der Waals surface area contributed by atoms with Gasteiger partial charge in [-0.15, -0.1) is 0 Å². The molecule has 164 valence electrons. The largest absolute Gasteiger partial charge is 0.374 e. The van der Waals surface area contributed by atoms with Crippen LogP contribution in [0.25, 0.3) is 0 Å². The van der Waals surface area contributed by atoms with E-state index in [4.69, 9.17) is 4.74 Å². The van der Waals surface area contributed by atoms with E-state index in [9.17, 15) is 4.79 Å². The normalized spacial score (nSPS) is 33.0. The summed E-state index contributed by atoms with van der Waals surface area (Å²) in [5, 5.41) is 0. The summed E-state index contributed by atoms with van der Waals surface area (Å²) in [6, 6.07) is 12.3. The van der Waals surface area contributed by atoms with Gasteiger partial charge >= 0.3 is 0 Å². The van der Waals surface area contributed by atoms with E-state index >= 15 is 0 Å². The van der Waals surface area contributed by atoms with Gasteiger partial charge in [0.15, 0.2) is 0 Å². The van der Waals surface area contributed by atoms with Crippen molar-refractivity contribution in [2.75, 3.05) is 32.8 Å². The summed E-state index contributed by atoms with van der Waals surface area (Å²) in [6.45, 7) is 5.39. The molecule has 0 aromatic heterocycles. The fraction of sp³-hybridized carbons (Fsp3) is 0.720. The fourth-order valence-corrected chi connectivity index (χ4v) is 6.46. The maximum atomic E-state index is 13.4. The van der Waals surface area contributed by atoms with E-state index in [1.54, 1.807) is 0 Å². The van der Waals surface area contributed by atoms with E-state index in [1.165, 1.54) is 50.6 Å². The third-order valence-corrected chi connectivity index (χ3v) is 7.89. The third kappa shape index (κ3) is 4.30. The summed E-state index contributed by atoms with van der Waals surface area (Å²) in [5.41, 5.74) is 1.40. The second kappa shape index (κ2) is 9.37. The van der Waals surface area contributed by atoms with Crippen LogP contribution in [0.3, 0.4) is 0 Å². The van der Waals surface area contributed by atoms with E-state index in [-0.39, 0.29) is 6.10 Å². The number of rotatable bonds is 5. The van der Waals surface area contributed by atoms with Crippen LogP contribution in [0.4, 0.5) is 0 Å². The zero-order chi connectivity index (χ0) is 20.3. The van der Waals surface area contributed by atoms with Gasteiger partial charge in [-0.25, -0.2) is 0 Å². The topological polar surface area (TPSA) is 36.0 Å². The van der Waals surface area contributed by atoms with Gasteiger partial charge in [0, 0.05) is 25.2 Å². The molecule has 3 heterocycles. The van der Waals surface area contributed by atoms with Crippen LogP contribution < -0.4 is 0 Å². The molecular formula is C25H37N3O2. The molecule has 3 saturated heterocycles. The number of hydrogen-bond donors (Lipinski definition) is 0. The van der Waals surface area contributed by atoms with Gasteiger partial charge < -0.3 is 9.64 Å². The van der Waals surface area contributed by atoms with Crippen molar-refractivity contribution in [1.29, 1.82) is 0 Å². The standard InChI is InChI=1S/C25H37N3O2/c29-25(28-16-17-30-24-13-5-4-10-23(24)28)19-27-15-7-12-22(27)21-11-6-14-26(21)18-20-8-2-1-3-9-20/h1-3,8-9,21-24H,4-7,10-19H2. The first-order valence-corrected chi connectivity index (χ1v) is 12.2. The first-order valence-electron chi connectivity index (χ1n) is 12.2. The summed E-state index contributed by atoms with van der Waals surface area (Å²) in [5.74, 6) is 0.342. The Morgan fingerprint density at radius 3 is 2.37 bits per heavy atom. The molecule has 3 aliphatic heterocycles. The SMILES string of the molecule is O=C(CN1CCCC1C1CCCN1Cc1ccccc1)N1CCOC2CCCCC21. The molecule has 1 aliphatic carbocycles. The zero-order valence-corrected chi connectivity index (χ0v) is 18.3. The number of benzene rings is 1. The molecule has 0 radical (unpaired) electrons. The van der Waals surface area contributed by atoms with E-state index in [2.05, 4.69) is 45.0 Å². The number of carbonyl (C=O) groups is 1. The van der Waals surface area contributed by atoms with Gasteiger partial charge in [-0.1, -0.05) is 43.2 Å². The Hall–Kier alpha value is -1.43. The molecule has 5 rings (SSSR count). The van der Waals surface area contributed by atoms with Gasteiger partial charge in [-0.05, 0) is 57.2 Å². The molecular weight excluding hydrogens is 374 g/mol. The Labute approximate surface area is 181 Å². The lowest BCUT2D eigenvalue weighted by Gasteiger charge is -2.44. The Kier molecular flexibility index (Phi) is 6.40. The predicted octanol–water partition coefficient (Wildman–Crippen LogP) is 3.29. The van der Waals surface area contributed by atoms with E-state index < -0.39 is 0 Å². The monoisotopic (exact) mass is 411 g/mol. The number of likely N-dealkylation sites (tertiary alicyclic amines) is 2. The second-order valence-corrected chi connectivity index (χ2v) is 9.69. The molecule has 0 spiro atoms. The lowest BCUT2D eigenvalue weighted by atomic mass is 9.90. The molecule has 1 aromatic carbocycles. The molecule has 4 fully saturated rings. The maximum Gasteiger partial charge on any atom is 0.237 e. The summed E-state index contributed by atoms with van der Waals surface area (Å²) in [6.07, 6.45) is 10.0. The van der Waals surface area contributed by atoms with Gasteiger partial charge in [0.25, 0.3) is 0 Å². The number of carbonyl (C=O) groups excluding carboxylic acids is 1. The highest BCUT2D eigenvalue weighted by molar-refractivity contribution is 5.79. The summed E-state index contributed by atoms with van der Waals surface area (Å²) >= 11 is 0. The van der Waals surface area contributed by atoms with Crippen molar-refractivity contribution >= 4 is 5.91 Å². The van der Waals surface area contributed by atoms with Crippen LogP contribution in [0.2, 0.25) is 0 Å². The molecule has 1 amide bonds. The molecule has 4 unspecified atom stereocenters. The van der Waals surface area contributed by atoms with Crippen molar-refractivity contribution in [3.8, 4) is 0 Å². The fourth-order valence-electron chi connectivity index (χ4n) is 6.46. The number of ether oxygens (including phenoxy) is 1. The Morgan fingerprint density at radius 1 is 0.833 bits per heavy atom. The van der Waals surface area contributed by atoms with Crippen LogP contribution in [0, 0.1) is 0 Å². The van der Waals surface area contributed by atoms with Gasteiger partial charge in [0.1, 0.15) is 0 Å². The highest BCUT2D eigenvalue weighted by atomic mass is 16.5. The summed E-state index contributed by atoms with van der Waals surface area (Å²) in [4.78, 5) is 20.7. The number of amides is 1.